The van der Waals surface area contributed by atoms with Gasteiger partial charge in [0.05, 0.1) is 19.3 Å². The molecule has 2 saturated heterocycles. The zero-order chi connectivity index (χ0) is 13.9. The maximum Gasteiger partial charge on any atom is 0.0594 e. The van der Waals surface area contributed by atoms with Crippen LogP contribution in [0.15, 0.2) is 15.9 Å². The van der Waals surface area contributed by atoms with Crippen LogP contribution >= 0.6 is 27.3 Å². The minimum atomic E-state index is 0.357. The fourth-order valence-electron chi connectivity index (χ4n) is 3.26. The van der Waals surface area contributed by atoms with E-state index in [4.69, 9.17) is 10.5 Å². The van der Waals surface area contributed by atoms with Gasteiger partial charge in [0, 0.05) is 48.1 Å². The third-order valence-electron chi connectivity index (χ3n) is 4.37. The van der Waals surface area contributed by atoms with E-state index in [9.17, 15) is 0 Å². The van der Waals surface area contributed by atoms with Crippen molar-refractivity contribution in [2.45, 2.75) is 18.5 Å². The van der Waals surface area contributed by atoms with Gasteiger partial charge >= 0.3 is 0 Å². The number of halogens is 1. The van der Waals surface area contributed by atoms with Crippen LogP contribution in [0.25, 0.3) is 0 Å². The standard InChI is InChI=1S/C14H22BrN3OS/c15-12-2-8-20-14(12)13(9-16)18-3-1-11(10-18)17-4-6-19-7-5-17/h2,8,11,13H,1,3-7,9-10,16H2. The summed E-state index contributed by atoms with van der Waals surface area (Å²) >= 11 is 5.45. The normalized spacial score (nSPS) is 27.0. The predicted octanol–water partition coefficient (Wildman–Crippen LogP) is 1.92. The molecule has 2 N–H and O–H groups in total. The summed E-state index contributed by atoms with van der Waals surface area (Å²) in [4.78, 5) is 6.51. The summed E-state index contributed by atoms with van der Waals surface area (Å²) in [5.41, 5.74) is 6.05. The summed E-state index contributed by atoms with van der Waals surface area (Å²) in [5.74, 6) is 0. The van der Waals surface area contributed by atoms with E-state index in [2.05, 4.69) is 37.2 Å². The zero-order valence-corrected chi connectivity index (χ0v) is 14.0. The summed E-state index contributed by atoms with van der Waals surface area (Å²) < 4.78 is 6.65. The number of rotatable bonds is 4. The Morgan fingerprint density at radius 1 is 1.40 bits per heavy atom. The van der Waals surface area contributed by atoms with Gasteiger partial charge in [0.25, 0.3) is 0 Å². The lowest BCUT2D eigenvalue weighted by molar-refractivity contribution is 0.0177. The molecule has 0 aliphatic carbocycles. The van der Waals surface area contributed by atoms with Crippen molar-refractivity contribution in [1.82, 2.24) is 9.80 Å². The second-order valence-corrected chi connectivity index (χ2v) is 7.27. The molecule has 3 heterocycles. The van der Waals surface area contributed by atoms with Crippen LogP contribution in [0.2, 0.25) is 0 Å². The largest absolute Gasteiger partial charge is 0.379 e. The van der Waals surface area contributed by atoms with Gasteiger partial charge in [-0.1, -0.05) is 0 Å². The van der Waals surface area contributed by atoms with E-state index in [0.29, 0.717) is 18.6 Å². The predicted molar refractivity (Wildman–Crippen MR) is 86.2 cm³/mol. The Morgan fingerprint density at radius 2 is 2.20 bits per heavy atom. The summed E-state index contributed by atoms with van der Waals surface area (Å²) in [6, 6.07) is 3.15. The van der Waals surface area contributed by atoms with Crippen molar-refractivity contribution in [2.75, 3.05) is 45.9 Å². The van der Waals surface area contributed by atoms with Gasteiger partial charge in [-0.15, -0.1) is 11.3 Å². The fraction of sp³-hybridized carbons (Fsp3) is 0.714. The Hall–Kier alpha value is 0.0200. The molecule has 0 spiro atoms. The molecule has 1 aromatic rings. The Labute approximate surface area is 133 Å². The minimum absolute atomic E-state index is 0.357. The molecule has 6 heteroatoms. The lowest BCUT2D eigenvalue weighted by Crippen LogP contribution is -2.45. The van der Waals surface area contributed by atoms with Crippen LogP contribution in [0.1, 0.15) is 17.3 Å². The molecule has 2 fully saturated rings. The van der Waals surface area contributed by atoms with Crippen LogP contribution in [0.4, 0.5) is 0 Å². The number of morpholine rings is 1. The van der Waals surface area contributed by atoms with Crippen LogP contribution in [0.3, 0.4) is 0 Å². The van der Waals surface area contributed by atoms with Gasteiger partial charge in [0.1, 0.15) is 0 Å². The Bertz CT molecular complexity index is 436. The smallest absolute Gasteiger partial charge is 0.0594 e. The summed E-state index contributed by atoms with van der Waals surface area (Å²) in [6.45, 7) is 6.89. The molecule has 1 aromatic heterocycles. The Balaban J connectivity index is 1.64. The highest BCUT2D eigenvalue weighted by Gasteiger charge is 2.33. The van der Waals surface area contributed by atoms with Gasteiger partial charge in [-0.05, 0) is 33.8 Å². The number of thiophene rings is 1. The van der Waals surface area contributed by atoms with E-state index in [-0.39, 0.29) is 0 Å². The molecular formula is C14H22BrN3OS. The second kappa shape index (κ2) is 6.85. The second-order valence-electron chi connectivity index (χ2n) is 5.47. The molecule has 2 aliphatic heterocycles. The highest BCUT2D eigenvalue weighted by molar-refractivity contribution is 9.10. The zero-order valence-electron chi connectivity index (χ0n) is 11.6. The van der Waals surface area contributed by atoms with Gasteiger partial charge in [-0.3, -0.25) is 9.80 Å². The van der Waals surface area contributed by atoms with Crippen LogP contribution in [-0.4, -0.2) is 61.8 Å². The molecule has 0 radical (unpaired) electrons. The maximum atomic E-state index is 6.05. The molecule has 0 aromatic carbocycles. The minimum Gasteiger partial charge on any atom is -0.379 e. The van der Waals surface area contributed by atoms with Crippen molar-refractivity contribution < 1.29 is 4.74 Å². The van der Waals surface area contributed by atoms with Gasteiger partial charge < -0.3 is 10.5 Å². The first kappa shape index (κ1) is 14.9. The van der Waals surface area contributed by atoms with Crippen LogP contribution in [0.5, 0.6) is 0 Å². The molecule has 112 valence electrons. The average Bonchev–Trinajstić information content (AvgIpc) is 3.12. The highest BCUT2D eigenvalue weighted by Crippen LogP contribution is 2.34. The van der Waals surface area contributed by atoms with E-state index in [0.717, 1.165) is 39.4 Å². The van der Waals surface area contributed by atoms with E-state index in [1.807, 2.05) is 0 Å². The number of nitrogens with two attached hydrogens (primary N) is 1. The van der Waals surface area contributed by atoms with Gasteiger partial charge in [0.15, 0.2) is 0 Å². The van der Waals surface area contributed by atoms with Crippen molar-refractivity contribution in [2.24, 2.45) is 5.73 Å². The van der Waals surface area contributed by atoms with Gasteiger partial charge in [-0.2, -0.15) is 0 Å². The summed E-state index contributed by atoms with van der Waals surface area (Å²) in [6.07, 6.45) is 1.25. The van der Waals surface area contributed by atoms with Crippen LogP contribution in [0, 0.1) is 0 Å². The lowest BCUT2D eigenvalue weighted by Gasteiger charge is -2.33. The highest BCUT2D eigenvalue weighted by atomic mass is 79.9. The molecule has 0 bridgehead atoms. The number of likely N-dealkylation sites (tertiary alicyclic amines) is 1. The third kappa shape index (κ3) is 3.10. The summed E-state index contributed by atoms with van der Waals surface area (Å²) in [5, 5.41) is 2.14. The molecule has 4 nitrogen and oxygen atoms in total. The van der Waals surface area contributed by atoms with Crippen molar-refractivity contribution >= 4 is 27.3 Å². The SMILES string of the molecule is NCC(c1sccc1Br)N1CCC(N2CCOCC2)C1. The van der Waals surface area contributed by atoms with Crippen LogP contribution < -0.4 is 5.73 Å². The van der Waals surface area contributed by atoms with Crippen molar-refractivity contribution in [3.63, 3.8) is 0 Å². The third-order valence-corrected chi connectivity index (χ3v) is 6.34. The van der Waals surface area contributed by atoms with Gasteiger partial charge in [-0.25, -0.2) is 0 Å². The first-order valence-corrected chi connectivity index (χ1v) is 8.95. The first-order chi connectivity index (χ1) is 9.79. The quantitative estimate of drug-likeness (QED) is 0.891. The molecule has 2 aliphatic rings. The average molecular weight is 360 g/mol. The van der Waals surface area contributed by atoms with Crippen molar-refractivity contribution in [1.29, 1.82) is 0 Å². The lowest BCUT2D eigenvalue weighted by atomic mass is 10.2. The first-order valence-electron chi connectivity index (χ1n) is 7.28. The number of hydrogen-bond donors (Lipinski definition) is 1. The van der Waals surface area contributed by atoms with Crippen molar-refractivity contribution in [3.05, 3.63) is 20.8 Å². The molecular weight excluding hydrogens is 338 g/mol. The van der Waals surface area contributed by atoms with E-state index in [1.54, 1.807) is 11.3 Å². The number of ether oxygens (including phenoxy) is 1. The van der Waals surface area contributed by atoms with Crippen LogP contribution in [-0.2, 0) is 4.74 Å². The summed E-state index contributed by atoms with van der Waals surface area (Å²) in [7, 11) is 0. The van der Waals surface area contributed by atoms with E-state index < -0.39 is 0 Å². The van der Waals surface area contributed by atoms with E-state index in [1.165, 1.54) is 15.8 Å². The number of nitrogens with zero attached hydrogens (tertiary/aromatic N) is 2. The molecule has 3 rings (SSSR count). The Kier molecular flexibility index (Phi) is 5.12. The molecule has 0 saturated carbocycles. The molecule has 2 unspecified atom stereocenters. The van der Waals surface area contributed by atoms with E-state index >= 15 is 0 Å². The fourth-order valence-corrected chi connectivity index (χ4v) is 5.04. The Morgan fingerprint density at radius 3 is 2.85 bits per heavy atom. The molecule has 2 atom stereocenters. The van der Waals surface area contributed by atoms with Gasteiger partial charge in [0.2, 0.25) is 0 Å². The van der Waals surface area contributed by atoms with Crippen molar-refractivity contribution in [3.8, 4) is 0 Å². The topological polar surface area (TPSA) is 41.7 Å². The number of hydrogen-bond acceptors (Lipinski definition) is 5. The molecule has 20 heavy (non-hydrogen) atoms. The maximum absolute atomic E-state index is 6.05. The molecule has 0 amide bonds. The monoisotopic (exact) mass is 359 g/mol.